The van der Waals surface area contributed by atoms with Gasteiger partial charge in [0.2, 0.25) is 5.91 Å². The molecule has 1 N–H and O–H groups in total. The van der Waals surface area contributed by atoms with Gasteiger partial charge in [0.05, 0.1) is 17.2 Å². The first-order valence-corrected chi connectivity index (χ1v) is 11.1. The number of fused-ring (bicyclic) bond motifs is 1. The number of hydrogen-bond donors (Lipinski definition) is 1. The second-order valence-corrected chi connectivity index (χ2v) is 8.53. The molecule has 0 atom stereocenters. The molecular weight excluding hydrogens is 411 g/mol. The molecule has 0 fully saturated rings. The molecule has 31 heavy (non-hydrogen) atoms. The van der Waals surface area contributed by atoms with Crippen LogP contribution in [-0.4, -0.2) is 20.4 Å². The maximum Gasteiger partial charge on any atom is 0.244 e. The minimum Gasteiger partial charge on any atom is -0.325 e. The van der Waals surface area contributed by atoms with Gasteiger partial charge in [0.15, 0.2) is 5.16 Å². The monoisotopic (exact) mass is 434 g/mol. The summed E-state index contributed by atoms with van der Waals surface area (Å²) in [5.41, 5.74) is 4.39. The normalized spacial score (nSPS) is 11.2. The molecule has 4 rings (SSSR count). The number of hydrogen-bond acceptors (Lipinski definition) is 4. The first-order chi connectivity index (χ1) is 15.0. The Hall–Kier alpha value is -3.19. The molecule has 4 aromatic rings. The predicted molar refractivity (Wildman–Crippen MR) is 123 cm³/mol. The van der Waals surface area contributed by atoms with E-state index in [0.29, 0.717) is 16.8 Å². The number of anilines is 1. The highest BCUT2D eigenvalue weighted by Crippen LogP contribution is 2.27. The maximum atomic E-state index is 13.5. The summed E-state index contributed by atoms with van der Waals surface area (Å²) in [5, 5.41) is 3.64. The lowest BCUT2D eigenvalue weighted by Crippen LogP contribution is -2.19. The van der Waals surface area contributed by atoms with Crippen LogP contribution >= 0.6 is 11.8 Å². The van der Waals surface area contributed by atoms with Crippen LogP contribution in [-0.2, 0) is 17.1 Å². The van der Waals surface area contributed by atoms with Crippen LogP contribution in [0.25, 0.3) is 11.0 Å². The van der Waals surface area contributed by atoms with E-state index in [9.17, 15) is 9.18 Å². The summed E-state index contributed by atoms with van der Waals surface area (Å²) in [5.74, 6) is 0.575. The number of carbonyl (C=O) groups excluding carboxylic acids is 1. The number of nitrogens with one attached hydrogen (secondary N) is 1. The Morgan fingerprint density at radius 2 is 1.97 bits per heavy atom. The first-order valence-electron chi connectivity index (χ1n) is 10.1. The van der Waals surface area contributed by atoms with E-state index in [1.807, 2.05) is 41.0 Å². The molecule has 0 saturated heterocycles. The third-order valence-electron chi connectivity index (χ3n) is 4.94. The molecule has 0 aliphatic carbocycles. The number of carbonyl (C=O) groups is 1. The van der Waals surface area contributed by atoms with Gasteiger partial charge in [-0.15, -0.1) is 0 Å². The molecule has 2 heterocycles. The van der Waals surface area contributed by atoms with Crippen molar-refractivity contribution in [1.29, 1.82) is 0 Å². The van der Waals surface area contributed by atoms with Gasteiger partial charge in [0.1, 0.15) is 12.4 Å². The van der Waals surface area contributed by atoms with Crippen LogP contribution in [0.3, 0.4) is 0 Å². The molecule has 2 aromatic heterocycles. The molecule has 2 aromatic carbocycles. The van der Waals surface area contributed by atoms with Crippen molar-refractivity contribution in [1.82, 2.24) is 14.5 Å². The van der Waals surface area contributed by atoms with Gasteiger partial charge in [-0.25, -0.2) is 9.37 Å². The van der Waals surface area contributed by atoms with Crippen LogP contribution in [0.1, 0.15) is 30.9 Å². The number of imidazole rings is 1. The van der Waals surface area contributed by atoms with E-state index < -0.39 is 0 Å². The van der Waals surface area contributed by atoms with Gasteiger partial charge in [-0.1, -0.05) is 49.9 Å². The molecule has 158 valence electrons. The third kappa shape index (κ3) is 5.11. The van der Waals surface area contributed by atoms with Crippen molar-refractivity contribution in [3.63, 3.8) is 0 Å². The number of aromatic nitrogens is 3. The summed E-state index contributed by atoms with van der Waals surface area (Å²) < 4.78 is 15.3. The fraction of sp³-hybridized carbons (Fsp3) is 0.208. The van der Waals surface area contributed by atoms with Crippen LogP contribution < -0.4 is 5.32 Å². The number of thioether (sulfide) groups is 1. The van der Waals surface area contributed by atoms with E-state index >= 15 is 0 Å². The van der Waals surface area contributed by atoms with Crippen molar-refractivity contribution >= 4 is 34.4 Å². The predicted octanol–water partition coefficient (Wildman–Crippen LogP) is 5.62. The highest BCUT2D eigenvalue weighted by atomic mass is 32.2. The number of pyridine rings is 1. The van der Waals surface area contributed by atoms with E-state index in [-0.39, 0.29) is 18.3 Å². The lowest BCUT2D eigenvalue weighted by molar-refractivity contribution is -0.116. The third-order valence-corrected chi connectivity index (χ3v) is 5.98. The van der Waals surface area contributed by atoms with Crippen LogP contribution in [0.2, 0.25) is 0 Å². The van der Waals surface area contributed by atoms with Crippen molar-refractivity contribution in [2.45, 2.75) is 37.2 Å². The molecule has 0 bridgehead atoms. The molecule has 0 aliphatic rings. The molecule has 0 spiro atoms. The minimum atomic E-state index is -0.265. The number of nitrogens with zero attached hydrogens (tertiary/aromatic N) is 3. The molecule has 1 amide bonds. The average molecular weight is 435 g/mol. The highest BCUT2D eigenvalue weighted by molar-refractivity contribution is 7.98. The number of amides is 1. The quantitative estimate of drug-likeness (QED) is 0.383. The van der Waals surface area contributed by atoms with Gasteiger partial charge in [0.25, 0.3) is 0 Å². The van der Waals surface area contributed by atoms with E-state index in [2.05, 4.69) is 29.1 Å². The Morgan fingerprint density at radius 3 is 2.71 bits per heavy atom. The van der Waals surface area contributed by atoms with Gasteiger partial charge in [0, 0.05) is 17.6 Å². The Kier molecular flexibility index (Phi) is 6.32. The largest absolute Gasteiger partial charge is 0.325 e. The Balaban J connectivity index is 1.52. The minimum absolute atomic E-state index is 0.111. The molecular formula is C24H23FN4OS. The van der Waals surface area contributed by atoms with E-state index in [1.165, 1.54) is 29.5 Å². The molecule has 5 nitrogen and oxygen atoms in total. The molecule has 7 heteroatoms. The second kappa shape index (κ2) is 9.31. The van der Waals surface area contributed by atoms with Crippen molar-refractivity contribution in [3.05, 3.63) is 83.9 Å². The molecule has 0 saturated carbocycles. The summed E-state index contributed by atoms with van der Waals surface area (Å²) in [4.78, 5) is 21.6. The van der Waals surface area contributed by atoms with Crippen LogP contribution in [0.5, 0.6) is 0 Å². The standard InChI is InChI=1S/C24H23FN4OS/c1-16(2)18-6-8-20(9-7-18)27-23(30)14-29-22-13-26-11-10-21(22)28-24(29)31-15-17-4-3-5-19(25)12-17/h3-13,16H,14-15H2,1-2H3,(H,27,30). The SMILES string of the molecule is CC(C)c1ccc(NC(=O)Cn2c(SCc3cccc(F)c3)nc3ccncc32)cc1. The average Bonchev–Trinajstić information content (AvgIpc) is 3.10. The maximum absolute atomic E-state index is 13.5. The Morgan fingerprint density at radius 1 is 1.16 bits per heavy atom. The van der Waals surface area contributed by atoms with Crippen LogP contribution in [0, 0.1) is 5.82 Å². The van der Waals surface area contributed by atoms with Crippen molar-refractivity contribution in [2.75, 3.05) is 5.32 Å². The Bertz CT molecular complexity index is 1200. The van der Waals surface area contributed by atoms with E-state index in [4.69, 9.17) is 0 Å². The van der Waals surface area contributed by atoms with Crippen LogP contribution in [0.4, 0.5) is 10.1 Å². The van der Waals surface area contributed by atoms with Crippen molar-refractivity contribution in [2.24, 2.45) is 0 Å². The summed E-state index contributed by atoms with van der Waals surface area (Å²) in [6.07, 6.45) is 3.39. The number of halogens is 1. The molecule has 0 radical (unpaired) electrons. The fourth-order valence-electron chi connectivity index (χ4n) is 3.28. The Labute approximate surface area is 184 Å². The second-order valence-electron chi connectivity index (χ2n) is 7.59. The fourth-order valence-corrected chi connectivity index (χ4v) is 4.24. The first kappa shape index (κ1) is 21.1. The summed E-state index contributed by atoms with van der Waals surface area (Å²) in [7, 11) is 0. The summed E-state index contributed by atoms with van der Waals surface area (Å²) in [6.45, 7) is 4.38. The lowest BCUT2D eigenvalue weighted by Gasteiger charge is -2.11. The smallest absolute Gasteiger partial charge is 0.244 e. The number of benzene rings is 2. The molecule has 0 unspecified atom stereocenters. The number of rotatable bonds is 7. The van der Waals surface area contributed by atoms with Gasteiger partial charge >= 0.3 is 0 Å². The topological polar surface area (TPSA) is 59.8 Å². The zero-order valence-corrected chi connectivity index (χ0v) is 18.2. The van der Waals surface area contributed by atoms with Gasteiger partial charge < -0.3 is 9.88 Å². The zero-order chi connectivity index (χ0) is 21.8. The lowest BCUT2D eigenvalue weighted by atomic mass is 10.0. The summed E-state index contributed by atoms with van der Waals surface area (Å²) in [6, 6.07) is 16.2. The van der Waals surface area contributed by atoms with E-state index in [0.717, 1.165) is 22.3 Å². The van der Waals surface area contributed by atoms with E-state index in [1.54, 1.807) is 18.5 Å². The van der Waals surface area contributed by atoms with Crippen molar-refractivity contribution in [3.8, 4) is 0 Å². The van der Waals surface area contributed by atoms with Gasteiger partial charge in [-0.2, -0.15) is 0 Å². The summed E-state index contributed by atoms with van der Waals surface area (Å²) >= 11 is 1.47. The van der Waals surface area contributed by atoms with Gasteiger partial charge in [-0.3, -0.25) is 9.78 Å². The molecule has 0 aliphatic heterocycles. The van der Waals surface area contributed by atoms with Gasteiger partial charge in [-0.05, 0) is 47.4 Å². The van der Waals surface area contributed by atoms with Crippen LogP contribution in [0.15, 0.2) is 72.1 Å². The zero-order valence-electron chi connectivity index (χ0n) is 17.4. The van der Waals surface area contributed by atoms with Crippen molar-refractivity contribution < 1.29 is 9.18 Å². The highest BCUT2D eigenvalue weighted by Gasteiger charge is 2.15.